The lowest BCUT2D eigenvalue weighted by molar-refractivity contribution is 0.0910. The smallest absolute Gasteiger partial charge is 0.255 e. The monoisotopic (exact) mass is 534 g/mol. The van der Waals surface area contributed by atoms with E-state index in [0.29, 0.717) is 29.4 Å². The van der Waals surface area contributed by atoms with Gasteiger partial charge < -0.3 is 15.1 Å². The van der Waals surface area contributed by atoms with Gasteiger partial charge >= 0.3 is 0 Å². The Balaban J connectivity index is 1.27. The third kappa shape index (κ3) is 6.05. The van der Waals surface area contributed by atoms with E-state index in [4.69, 9.17) is 4.98 Å². The maximum Gasteiger partial charge on any atom is 0.255 e. The van der Waals surface area contributed by atoms with Crippen molar-refractivity contribution in [2.45, 2.75) is 39.7 Å². The number of piperidine rings is 1. The molecule has 5 rings (SSSR count). The summed E-state index contributed by atoms with van der Waals surface area (Å²) in [5.41, 5.74) is 6.36. The van der Waals surface area contributed by atoms with Crippen LogP contribution in [0.2, 0.25) is 0 Å². The zero-order valence-electron chi connectivity index (χ0n) is 24.0. The molecule has 3 heterocycles. The first-order chi connectivity index (χ1) is 19.3. The molecule has 7 heteroatoms. The summed E-state index contributed by atoms with van der Waals surface area (Å²) in [5.74, 6) is 1.76. The predicted molar refractivity (Wildman–Crippen MR) is 162 cm³/mol. The molecule has 1 aliphatic rings. The average molecular weight is 535 g/mol. The van der Waals surface area contributed by atoms with Crippen molar-refractivity contribution in [2.24, 2.45) is 11.8 Å². The Morgan fingerprint density at radius 3 is 2.62 bits per heavy atom. The molecule has 1 aliphatic heterocycles. The van der Waals surface area contributed by atoms with Gasteiger partial charge in [-0.3, -0.25) is 9.78 Å². The molecule has 0 radical (unpaired) electrons. The molecule has 0 aliphatic carbocycles. The summed E-state index contributed by atoms with van der Waals surface area (Å²) < 4.78 is 0. The van der Waals surface area contributed by atoms with Crippen LogP contribution in [0, 0.1) is 18.8 Å². The molecule has 206 valence electrons. The second kappa shape index (κ2) is 12.0. The number of hydrogen-bond acceptors (Lipinski definition) is 6. The fourth-order valence-corrected chi connectivity index (χ4v) is 5.56. The number of aryl methyl sites for hydroxylation is 1. The minimum Gasteiger partial charge on any atom is -0.322 e. The summed E-state index contributed by atoms with van der Waals surface area (Å²) in [6.07, 6.45) is 7.55. The van der Waals surface area contributed by atoms with Crippen molar-refractivity contribution < 1.29 is 4.79 Å². The third-order valence-corrected chi connectivity index (χ3v) is 8.49. The van der Waals surface area contributed by atoms with Gasteiger partial charge in [-0.05, 0) is 106 Å². The van der Waals surface area contributed by atoms with E-state index in [1.807, 2.05) is 67.4 Å². The molecule has 3 unspecified atom stereocenters. The van der Waals surface area contributed by atoms with Gasteiger partial charge in [0.25, 0.3) is 5.91 Å². The lowest BCUT2D eigenvalue weighted by atomic mass is 9.78. The van der Waals surface area contributed by atoms with Gasteiger partial charge in [0, 0.05) is 54.2 Å². The molecule has 2 aromatic heterocycles. The average Bonchev–Trinajstić information content (AvgIpc) is 2.99. The highest BCUT2D eigenvalue weighted by molar-refractivity contribution is 6.04. The van der Waals surface area contributed by atoms with Crippen LogP contribution in [0.4, 0.5) is 17.3 Å². The standard InChI is InChI=1S/C33H38N6O/c1-22-8-13-29(20-31(22)39(5)33-35-17-14-30(37-33)28-7-6-16-34-21-28)36-32(40)26-11-9-25(10-12-26)19-27-15-18-38(4)24(3)23(27)2/h6-14,16-17,20-21,23-24,27H,15,18-19H2,1-5H3,(H,36,40). The van der Waals surface area contributed by atoms with Gasteiger partial charge in [0.15, 0.2) is 0 Å². The van der Waals surface area contributed by atoms with Crippen LogP contribution in [-0.4, -0.2) is 52.4 Å². The number of pyridine rings is 1. The molecule has 0 spiro atoms. The lowest BCUT2D eigenvalue weighted by Gasteiger charge is -2.41. The van der Waals surface area contributed by atoms with Crippen molar-refractivity contribution in [2.75, 3.05) is 30.9 Å². The van der Waals surface area contributed by atoms with Gasteiger partial charge in [-0.15, -0.1) is 0 Å². The van der Waals surface area contributed by atoms with E-state index in [0.717, 1.165) is 41.2 Å². The van der Waals surface area contributed by atoms with Gasteiger partial charge in [-0.2, -0.15) is 0 Å². The Morgan fingerprint density at radius 2 is 1.88 bits per heavy atom. The number of hydrogen-bond donors (Lipinski definition) is 1. The maximum absolute atomic E-state index is 13.1. The summed E-state index contributed by atoms with van der Waals surface area (Å²) in [4.78, 5) is 30.9. The van der Waals surface area contributed by atoms with Crippen LogP contribution < -0.4 is 10.2 Å². The first-order valence-electron chi connectivity index (χ1n) is 14.0. The third-order valence-electron chi connectivity index (χ3n) is 8.49. The number of nitrogens with one attached hydrogen (secondary N) is 1. The Labute approximate surface area is 237 Å². The first-order valence-corrected chi connectivity index (χ1v) is 14.0. The number of likely N-dealkylation sites (tertiary alicyclic amines) is 1. The number of amides is 1. The molecule has 7 nitrogen and oxygen atoms in total. The molecule has 40 heavy (non-hydrogen) atoms. The van der Waals surface area contributed by atoms with Crippen molar-refractivity contribution in [1.82, 2.24) is 19.9 Å². The molecule has 2 aromatic carbocycles. The van der Waals surface area contributed by atoms with Crippen LogP contribution in [-0.2, 0) is 6.42 Å². The van der Waals surface area contributed by atoms with E-state index in [9.17, 15) is 4.79 Å². The van der Waals surface area contributed by atoms with E-state index in [-0.39, 0.29) is 5.91 Å². The highest BCUT2D eigenvalue weighted by Gasteiger charge is 2.30. The molecule has 3 atom stereocenters. The summed E-state index contributed by atoms with van der Waals surface area (Å²) in [6.45, 7) is 7.87. The summed E-state index contributed by atoms with van der Waals surface area (Å²) in [7, 11) is 4.15. The number of carbonyl (C=O) groups is 1. The number of anilines is 3. The van der Waals surface area contributed by atoms with Crippen molar-refractivity contribution in [3.8, 4) is 11.3 Å². The Morgan fingerprint density at radius 1 is 1.07 bits per heavy atom. The normalized spacial score (nSPS) is 19.3. The number of nitrogens with zero attached hydrogens (tertiary/aromatic N) is 5. The maximum atomic E-state index is 13.1. The van der Waals surface area contributed by atoms with Gasteiger partial charge in [0.1, 0.15) is 0 Å². The van der Waals surface area contributed by atoms with Crippen LogP contribution in [0.1, 0.15) is 41.8 Å². The van der Waals surface area contributed by atoms with Crippen LogP contribution >= 0.6 is 0 Å². The van der Waals surface area contributed by atoms with Crippen molar-refractivity contribution >= 4 is 23.2 Å². The lowest BCUT2D eigenvalue weighted by Crippen LogP contribution is -2.44. The zero-order valence-corrected chi connectivity index (χ0v) is 24.0. The molecule has 1 amide bonds. The van der Waals surface area contributed by atoms with Crippen LogP contribution in [0.15, 0.2) is 79.3 Å². The van der Waals surface area contributed by atoms with E-state index < -0.39 is 0 Å². The summed E-state index contributed by atoms with van der Waals surface area (Å²) >= 11 is 0. The molecular formula is C33H38N6O. The van der Waals surface area contributed by atoms with Gasteiger partial charge in [-0.25, -0.2) is 9.97 Å². The largest absolute Gasteiger partial charge is 0.322 e. The fourth-order valence-electron chi connectivity index (χ4n) is 5.56. The first kappa shape index (κ1) is 27.5. The highest BCUT2D eigenvalue weighted by atomic mass is 16.1. The fraction of sp³-hybridized carbons (Fsp3) is 0.333. The molecule has 4 aromatic rings. The van der Waals surface area contributed by atoms with Crippen molar-refractivity contribution in [1.29, 1.82) is 0 Å². The Hall–Kier alpha value is -4.10. The Kier molecular flexibility index (Phi) is 8.21. The number of benzene rings is 2. The topological polar surface area (TPSA) is 74.2 Å². The molecule has 0 saturated carbocycles. The van der Waals surface area contributed by atoms with E-state index in [1.165, 1.54) is 12.0 Å². The molecule has 0 bridgehead atoms. The van der Waals surface area contributed by atoms with E-state index in [2.05, 4.69) is 53.2 Å². The summed E-state index contributed by atoms with van der Waals surface area (Å²) in [6, 6.07) is 20.3. The minimum atomic E-state index is -0.125. The summed E-state index contributed by atoms with van der Waals surface area (Å²) in [5, 5.41) is 3.07. The van der Waals surface area contributed by atoms with Crippen LogP contribution in [0.5, 0.6) is 0 Å². The minimum absolute atomic E-state index is 0.125. The molecular weight excluding hydrogens is 496 g/mol. The van der Waals surface area contributed by atoms with Crippen LogP contribution in [0.25, 0.3) is 11.3 Å². The van der Waals surface area contributed by atoms with Gasteiger partial charge in [0.05, 0.1) is 5.69 Å². The SMILES string of the molecule is Cc1ccc(NC(=O)c2ccc(CC3CCN(C)C(C)C3C)cc2)cc1N(C)c1nccc(-c2cccnc2)n1. The quantitative estimate of drug-likeness (QED) is 0.296. The van der Waals surface area contributed by atoms with E-state index in [1.54, 1.807) is 18.6 Å². The number of aromatic nitrogens is 3. The highest BCUT2D eigenvalue weighted by Crippen LogP contribution is 2.31. The Bertz CT molecular complexity index is 1460. The zero-order chi connectivity index (χ0) is 28.2. The molecule has 1 N–H and O–H groups in total. The second-order valence-electron chi connectivity index (χ2n) is 11.0. The number of rotatable bonds is 7. The second-order valence-corrected chi connectivity index (χ2v) is 11.0. The number of carbonyl (C=O) groups excluding carboxylic acids is 1. The van der Waals surface area contributed by atoms with Gasteiger partial charge in [0.2, 0.25) is 5.95 Å². The predicted octanol–water partition coefficient (Wildman–Crippen LogP) is 6.39. The molecule has 1 fully saturated rings. The van der Waals surface area contributed by atoms with Crippen molar-refractivity contribution in [3.05, 3.63) is 95.9 Å². The molecule has 1 saturated heterocycles. The van der Waals surface area contributed by atoms with Crippen molar-refractivity contribution in [3.63, 3.8) is 0 Å². The van der Waals surface area contributed by atoms with E-state index >= 15 is 0 Å². The van der Waals surface area contributed by atoms with Crippen LogP contribution in [0.3, 0.4) is 0 Å². The van der Waals surface area contributed by atoms with Gasteiger partial charge in [-0.1, -0.05) is 25.1 Å².